The molecule has 13 nitrogen and oxygen atoms in total. The maximum absolute atomic E-state index is 13.4. The van der Waals surface area contributed by atoms with Crippen molar-refractivity contribution < 1.29 is 48.1 Å². The van der Waals surface area contributed by atoms with E-state index < -0.39 is 17.5 Å². The molecule has 0 saturated carbocycles. The van der Waals surface area contributed by atoms with Gasteiger partial charge in [-0.25, -0.2) is 0 Å². The number of nitriles is 2. The lowest BCUT2D eigenvalue weighted by Crippen LogP contribution is -2.36. The lowest BCUT2D eigenvalue weighted by atomic mass is 9.71. The van der Waals surface area contributed by atoms with Gasteiger partial charge in [0.2, 0.25) is 17.3 Å². The van der Waals surface area contributed by atoms with Crippen molar-refractivity contribution in [3.63, 3.8) is 0 Å². The first kappa shape index (κ1) is 44.9. The molecule has 10 rings (SSSR count). The topological polar surface area (TPSA) is 209 Å². The van der Waals surface area contributed by atoms with Crippen LogP contribution in [0.5, 0.6) is 0 Å². The molecule has 65 heavy (non-hydrogen) atoms. The zero-order valence-corrected chi connectivity index (χ0v) is 35.1. The minimum Gasteiger partial charge on any atom is -0.507 e. The predicted octanol–water partition coefficient (Wildman–Crippen LogP) is 7.69. The molecule has 1 atom stereocenters. The van der Waals surface area contributed by atoms with Crippen LogP contribution < -0.4 is 0 Å². The standard InChI is InChI=1S/C24H15NO4.C10H15NO2.C10H6O3.C8H5NO/c25-12-13-8-10-14(11-9-13)19-20-17(26)6-3-7-18(20)29-24-21(19)22(27)15-4-1-2-5-16(15)23(24)28;12-10-3-1-2-9(8-10)11-4-6-13-7-5-11;11-8-5-9(12)10(13)7-4-2-1-3-6(7)8;9-5-7-1-3-8(6-10)4-2-7/h1-2,4-5,8-11,19H,3,6-7H2;8H,1-7H2;1-5,11H;1-4,6H. The number of hydrogen-bond donors (Lipinski definition) is 1. The van der Waals surface area contributed by atoms with Gasteiger partial charge in [-0.3, -0.25) is 33.6 Å². The third-order valence-corrected chi connectivity index (χ3v) is 11.4. The van der Waals surface area contributed by atoms with Crippen LogP contribution in [0.3, 0.4) is 0 Å². The molecule has 0 radical (unpaired) electrons. The molecular formula is C52H41N3O10. The number of morpholine rings is 1. The minimum absolute atomic E-state index is 0.0245. The average molecular weight is 868 g/mol. The molecule has 0 aromatic heterocycles. The summed E-state index contributed by atoms with van der Waals surface area (Å²) in [4.78, 5) is 85.2. The molecule has 1 saturated heterocycles. The van der Waals surface area contributed by atoms with Crippen LogP contribution in [0, 0.1) is 22.7 Å². The smallest absolute Gasteiger partial charge is 0.233 e. The number of nitrogens with zero attached hydrogens (tertiary/aromatic N) is 3. The minimum atomic E-state index is -0.670. The number of carbonyl (C=O) groups excluding carboxylic acids is 7. The van der Waals surface area contributed by atoms with Gasteiger partial charge >= 0.3 is 0 Å². The van der Waals surface area contributed by atoms with Gasteiger partial charge in [-0.1, -0.05) is 72.8 Å². The molecule has 6 aliphatic rings. The van der Waals surface area contributed by atoms with Gasteiger partial charge in [-0.05, 0) is 49.1 Å². The average Bonchev–Trinajstić information content (AvgIpc) is 3.35. The second-order valence-corrected chi connectivity index (χ2v) is 15.5. The van der Waals surface area contributed by atoms with Gasteiger partial charge in [0, 0.05) is 89.5 Å². The summed E-state index contributed by atoms with van der Waals surface area (Å²) in [6, 6.07) is 30.4. The molecule has 4 aliphatic carbocycles. The maximum Gasteiger partial charge on any atom is 0.233 e. The van der Waals surface area contributed by atoms with Crippen LogP contribution in [-0.2, 0) is 23.9 Å². The molecule has 0 bridgehead atoms. The molecule has 1 unspecified atom stereocenters. The Hall–Kier alpha value is -8.13. The molecule has 2 aliphatic heterocycles. The zero-order valence-electron chi connectivity index (χ0n) is 35.1. The highest BCUT2D eigenvalue weighted by molar-refractivity contribution is 6.50. The number of carbonyl (C=O) groups is 7. The Morgan fingerprint density at radius 3 is 1.80 bits per heavy atom. The van der Waals surface area contributed by atoms with E-state index in [-0.39, 0.29) is 45.8 Å². The zero-order chi connectivity index (χ0) is 46.0. The van der Waals surface area contributed by atoms with Crippen LogP contribution in [0.1, 0.15) is 108 Å². The summed E-state index contributed by atoms with van der Waals surface area (Å²) in [5.74, 6) is -1.94. The molecule has 13 heteroatoms. The fraction of sp³-hybridized carbons (Fsp3) is 0.212. The highest BCUT2D eigenvalue weighted by Gasteiger charge is 2.46. The summed E-state index contributed by atoms with van der Waals surface area (Å²) < 4.78 is 11.2. The van der Waals surface area contributed by atoms with E-state index in [9.17, 15) is 38.7 Å². The first-order valence-electron chi connectivity index (χ1n) is 21.0. The number of ketones is 6. The third kappa shape index (κ3) is 9.92. The Labute approximate surface area is 374 Å². The fourth-order valence-electron chi connectivity index (χ4n) is 8.16. The number of allylic oxidation sites excluding steroid dienone is 7. The van der Waals surface area contributed by atoms with Crippen LogP contribution in [0.15, 0.2) is 138 Å². The summed E-state index contributed by atoms with van der Waals surface area (Å²) in [6.07, 6.45) is 7.91. The first-order valence-corrected chi connectivity index (χ1v) is 21.0. The summed E-state index contributed by atoms with van der Waals surface area (Å²) in [5.41, 5.74) is 5.59. The molecule has 0 amide bonds. The normalized spacial score (nSPS) is 18.4. The van der Waals surface area contributed by atoms with Gasteiger partial charge in [0.05, 0.1) is 42.1 Å². The number of ether oxygens (including phenoxy) is 2. The number of benzene rings is 4. The highest BCUT2D eigenvalue weighted by Crippen LogP contribution is 2.48. The lowest BCUT2D eigenvalue weighted by molar-refractivity contribution is -0.117. The summed E-state index contributed by atoms with van der Waals surface area (Å²) in [5, 5.41) is 26.8. The number of Topliss-reactive ketones (excluding diaryl/α,β-unsaturated/α-hetero) is 4. The molecule has 4 aromatic rings. The van der Waals surface area contributed by atoms with Crippen LogP contribution >= 0.6 is 0 Å². The van der Waals surface area contributed by atoms with Crippen molar-refractivity contribution in [2.75, 3.05) is 26.3 Å². The van der Waals surface area contributed by atoms with E-state index in [1.54, 1.807) is 91.0 Å². The lowest BCUT2D eigenvalue weighted by Gasteiger charge is -2.35. The summed E-state index contributed by atoms with van der Waals surface area (Å²) in [7, 11) is 0. The molecule has 1 N–H and O–H groups in total. The molecule has 1 fully saturated rings. The number of aldehydes is 1. The van der Waals surface area contributed by atoms with Crippen molar-refractivity contribution in [2.24, 2.45) is 0 Å². The number of aliphatic hydroxyl groups is 1. The van der Waals surface area contributed by atoms with Gasteiger partial charge in [0.1, 0.15) is 17.8 Å². The van der Waals surface area contributed by atoms with Crippen molar-refractivity contribution >= 4 is 46.7 Å². The number of aliphatic hydroxyl groups excluding tert-OH is 1. The number of fused-ring (bicyclic) bond motifs is 2. The monoisotopic (exact) mass is 867 g/mol. The summed E-state index contributed by atoms with van der Waals surface area (Å²) >= 11 is 0. The van der Waals surface area contributed by atoms with Crippen LogP contribution in [0.25, 0.3) is 5.76 Å². The predicted molar refractivity (Wildman–Crippen MR) is 235 cm³/mol. The molecule has 2 heterocycles. The van der Waals surface area contributed by atoms with Crippen LogP contribution in [0.4, 0.5) is 0 Å². The second kappa shape index (κ2) is 20.4. The van der Waals surface area contributed by atoms with Gasteiger partial charge in [-0.2, -0.15) is 10.5 Å². The van der Waals surface area contributed by atoms with E-state index in [0.717, 1.165) is 57.9 Å². The molecule has 324 valence electrons. The Kier molecular flexibility index (Phi) is 14.1. The number of hydrogen-bond acceptors (Lipinski definition) is 13. The Bertz CT molecular complexity index is 2830. The van der Waals surface area contributed by atoms with Gasteiger partial charge < -0.3 is 19.5 Å². The second-order valence-electron chi connectivity index (χ2n) is 15.5. The quantitative estimate of drug-likeness (QED) is 0.155. The number of rotatable bonds is 3. The maximum atomic E-state index is 13.4. The van der Waals surface area contributed by atoms with Crippen molar-refractivity contribution in [1.82, 2.24) is 4.90 Å². The van der Waals surface area contributed by atoms with Crippen molar-refractivity contribution in [2.45, 2.75) is 44.4 Å². The van der Waals surface area contributed by atoms with E-state index in [4.69, 9.17) is 20.0 Å². The Morgan fingerprint density at radius 2 is 1.20 bits per heavy atom. The molecule has 0 spiro atoms. The first-order chi connectivity index (χ1) is 31.5. The van der Waals surface area contributed by atoms with E-state index in [2.05, 4.69) is 11.0 Å². The van der Waals surface area contributed by atoms with Gasteiger partial charge in [-0.15, -0.1) is 0 Å². The highest BCUT2D eigenvalue weighted by atomic mass is 16.5. The van der Waals surface area contributed by atoms with Crippen LogP contribution in [-0.4, -0.2) is 77.3 Å². The fourth-order valence-corrected chi connectivity index (χ4v) is 8.16. The van der Waals surface area contributed by atoms with Crippen molar-refractivity contribution in [3.8, 4) is 12.1 Å². The van der Waals surface area contributed by atoms with Crippen LogP contribution in [0.2, 0.25) is 0 Å². The van der Waals surface area contributed by atoms with E-state index in [1.165, 1.54) is 11.8 Å². The molecular weight excluding hydrogens is 827 g/mol. The van der Waals surface area contributed by atoms with Crippen molar-refractivity contribution in [3.05, 3.63) is 182 Å². The Balaban J connectivity index is 0.000000145. The Morgan fingerprint density at radius 1 is 0.631 bits per heavy atom. The molecule has 4 aromatic carbocycles. The SMILES string of the molecule is N#Cc1ccc(C2C3=C(CCCC3=O)OC3=C2C(=O)c2ccccc2C3=O)cc1.N#Cc1ccc(C=O)cc1.O=C1C=C(N2CCOCC2)CCC1.O=C1C=C(O)c2ccccc2C1=O. The van der Waals surface area contributed by atoms with Gasteiger partial charge in [0.15, 0.2) is 23.1 Å². The van der Waals surface area contributed by atoms with E-state index in [0.29, 0.717) is 69.5 Å². The van der Waals surface area contributed by atoms with E-state index >= 15 is 0 Å². The largest absolute Gasteiger partial charge is 0.507 e. The van der Waals surface area contributed by atoms with Gasteiger partial charge in [0.25, 0.3) is 0 Å². The van der Waals surface area contributed by atoms with Crippen molar-refractivity contribution in [1.29, 1.82) is 10.5 Å². The van der Waals surface area contributed by atoms with E-state index in [1.807, 2.05) is 12.1 Å². The third-order valence-electron chi connectivity index (χ3n) is 11.4. The summed E-state index contributed by atoms with van der Waals surface area (Å²) in [6.45, 7) is 3.48.